The molecule has 0 atom stereocenters. The van der Waals surface area contributed by atoms with Crippen molar-refractivity contribution >= 4 is 35.7 Å². The van der Waals surface area contributed by atoms with Crippen molar-refractivity contribution in [2.24, 2.45) is 15.0 Å². The Hall–Kier alpha value is -5.52. The van der Waals surface area contributed by atoms with E-state index in [0.29, 0.717) is 18.2 Å². The summed E-state index contributed by atoms with van der Waals surface area (Å²) < 4.78 is 0. The Bertz CT molecular complexity index is 2280. The van der Waals surface area contributed by atoms with Gasteiger partial charge in [-0.1, -0.05) is 110 Å². The number of aromatic amines is 1. The van der Waals surface area contributed by atoms with E-state index in [0.717, 1.165) is 58.4 Å². The van der Waals surface area contributed by atoms with Gasteiger partial charge in [-0.15, -0.1) is 11.8 Å². The second-order valence-electron chi connectivity index (χ2n) is 13.2. The van der Waals surface area contributed by atoms with Gasteiger partial charge in [0.25, 0.3) is 0 Å². The number of amidine groups is 2. The topological polar surface area (TPSA) is 52.9 Å². The molecule has 250 valence electrons. The van der Waals surface area contributed by atoms with E-state index in [4.69, 9.17) is 9.98 Å². The second-order valence-corrected chi connectivity index (χ2v) is 14.3. The highest BCUT2D eigenvalue weighted by molar-refractivity contribution is 8.03. The van der Waals surface area contributed by atoms with Crippen molar-refractivity contribution in [2.45, 2.75) is 38.6 Å². The number of hydrogen-bond donors (Lipinski definition) is 1. The monoisotopic (exact) mass is 680 g/mol. The normalized spacial score (nSPS) is 16.1. The molecule has 0 radical (unpaired) electrons. The Morgan fingerprint density at radius 1 is 0.765 bits per heavy atom. The van der Waals surface area contributed by atoms with Gasteiger partial charge in [0.05, 0.1) is 6.54 Å². The molecule has 2 heterocycles. The molecule has 8 rings (SSSR count). The number of allylic oxidation sites excluding steroid dienone is 6. The van der Waals surface area contributed by atoms with Gasteiger partial charge in [0.1, 0.15) is 0 Å². The molecule has 4 nitrogen and oxygen atoms in total. The molecule has 3 aliphatic rings. The Labute approximate surface area is 304 Å². The zero-order valence-corrected chi connectivity index (χ0v) is 29.6. The number of aliphatic imine (C=N–C) groups is 3. The van der Waals surface area contributed by atoms with E-state index in [1.165, 1.54) is 56.7 Å². The average Bonchev–Trinajstić information content (AvgIpc) is 3.86. The summed E-state index contributed by atoms with van der Waals surface area (Å²) in [4.78, 5) is 19.2. The van der Waals surface area contributed by atoms with E-state index < -0.39 is 0 Å². The fourth-order valence-electron chi connectivity index (χ4n) is 7.49. The first-order chi connectivity index (χ1) is 25.2. The lowest BCUT2D eigenvalue weighted by atomic mass is 9.88. The SMILES string of the molecule is C=NC(=NC(=NCc1c(C2=CC(=C)C3=C(CCCC3)SCC=C2)cccc1-c1ccc2c(c1)Cc1ccccc1-2)c1ccccc1)c1cc[nH]c1. The fraction of sp³-hybridized carbons (Fsp3) is 0.152. The summed E-state index contributed by atoms with van der Waals surface area (Å²) in [5, 5.41) is 0. The number of H-pyrrole nitrogens is 1. The third kappa shape index (κ3) is 6.82. The lowest BCUT2D eigenvalue weighted by Gasteiger charge is -2.20. The molecule has 4 aromatic carbocycles. The molecule has 5 aromatic rings. The highest BCUT2D eigenvalue weighted by Gasteiger charge is 2.21. The van der Waals surface area contributed by atoms with E-state index in [-0.39, 0.29) is 0 Å². The van der Waals surface area contributed by atoms with Crippen LogP contribution in [0.4, 0.5) is 0 Å². The Morgan fingerprint density at radius 3 is 2.43 bits per heavy atom. The van der Waals surface area contributed by atoms with Crippen molar-refractivity contribution in [2.75, 3.05) is 5.75 Å². The van der Waals surface area contributed by atoms with Gasteiger partial charge in [-0.25, -0.2) is 9.98 Å². The van der Waals surface area contributed by atoms with Gasteiger partial charge >= 0.3 is 0 Å². The van der Waals surface area contributed by atoms with Crippen LogP contribution in [-0.4, -0.2) is 29.1 Å². The molecule has 51 heavy (non-hydrogen) atoms. The number of aromatic nitrogens is 1. The number of benzene rings is 4. The van der Waals surface area contributed by atoms with Crippen LogP contribution in [0.5, 0.6) is 0 Å². The minimum Gasteiger partial charge on any atom is -0.367 e. The molecule has 1 aromatic heterocycles. The molecule has 0 bridgehead atoms. The molecule has 0 amide bonds. The third-order valence-corrected chi connectivity index (χ3v) is 11.2. The molecular weight excluding hydrogens is 641 g/mol. The van der Waals surface area contributed by atoms with E-state index >= 15 is 0 Å². The van der Waals surface area contributed by atoms with Gasteiger partial charge in [-0.05, 0) is 117 Å². The summed E-state index contributed by atoms with van der Waals surface area (Å²) in [6, 6.07) is 34.5. The summed E-state index contributed by atoms with van der Waals surface area (Å²) in [7, 11) is 0. The average molecular weight is 681 g/mol. The van der Waals surface area contributed by atoms with Crippen LogP contribution in [0.1, 0.15) is 59.1 Å². The van der Waals surface area contributed by atoms with Crippen LogP contribution in [0.15, 0.2) is 165 Å². The highest BCUT2D eigenvalue weighted by Crippen LogP contribution is 2.42. The molecule has 5 heteroatoms. The van der Waals surface area contributed by atoms with Gasteiger partial charge in [0.2, 0.25) is 0 Å². The summed E-state index contributed by atoms with van der Waals surface area (Å²) in [5.74, 6) is 2.09. The lowest BCUT2D eigenvalue weighted by molar-refractivity contribution is 0.701. The van der Waals surface area contributed by atoms with Crippen LogP contribution in [0.3, 0.4) is 0 Å². The minimum absolute atomic E-state index is 0.425. The van der Waals surface area contributed by atoms with Crippen molar-refractivity contribution in [1.82, 2.24) is 4.98 Å². The number of rotatable bonds is 6. The standard InChI is InChI=1S/C46H40N4S/c1-31-26-33(15-11-25-51-44-20-9-8-16-38(31)44)40-18-10-19-41(35-21-22-42-37(28-35)27-34-14-6-7-17-39(34)42)43(40)30-49-46(32-12-4-3-5-13-32)50-45(47-2)36-23-24-48-29-36/h3-7,10-15,17-19,21-24,26,28-29,48H,1-2,8-9,16,20,25,27,30H2. The molecule has 0 saturated heterocycles. The predicted molar refractivity (Wildman–Crippen MR) is 218 cm³/mol. The zero-order valence-electron chi connectivity index (χ0n) is 28.7. The summed E-state index contributed by atoms with van der Waals surface area (Å²) in [6.45, 7) is 8.88. The molecule has 0 saturated carbocycles. The molecule has 2 aliphatic carbocycles. The van der Waals surface area contributed by atoms with Crippen molar-refractivity contribution < 1.29 is 0 Å². The number of nitrogens with zero attached hydrogens (tertiary/aromatic N) is 3. The largest absolute Gasteiger partial charge is 0.367 e. The van der Waals surface area contributed by atoms with Crippen molar-refractivity contribution in [3.63, 3.8) is 0 Å². The second kappa shape index (κ2) is 14.8. The van der Waals surface area contributed by atoms with E-state index in [2.05, 4.69) is 102 Å². The van der Waals surface area contributed by atoms with Gasteiger partial charge in [-0.3, -0.25) is 4.99 Å². The maximum absolute atomic E-state index is 5.30. The van der Waals surface area contributed by atoms with Crippen LogP contribution in [-0.2, 0) is 13.0 Å². The zero-order chi connectivity index (χ0) is 34.6. The summed E-state index contributed by atoms with van der Waals surface area (Å²) in [5.41, 5.74) is 15.6. The number of fused-ring (bicyclic) bond motifs is 3. The Morgan fingerprint density at radius 2 is 1.57 bits per heavy atom. The predicted octanol–water partition coefficient (Wildman–Crippen LogP) is 11.4. The van der Waals surface area contributed by atoms with Crippen molar-refractivity contribution in [3.8, 4) is 22.3 Å². The molecule has 0 spiro atoms. The van der Waals surface area contributed by atoms with Crippen LogP contribution < -0.4 is 0 Å². The number of thioether (sulfide) groups is 1. The number of nitrogens with one attached hydrogen (secondary N) is 1. The first kappa shape index (κ1) is 32.7. The summed E-state index contributed by atoms with van der Waals surface area (Å²) in [6.07, 6.45) is 16.3. The fourth-order valence-corrected chi connectivity index (χ4v) is 8.58. The van der Waals surface area contributed by atoms with Crippen molar-refractivity contribution in [1.29, 1.82) is 0 Å². The van der Waals surface area contributed by atoms with E-state index in [1.54, 1.807) is 0 Å². The van der Waals surface area contributed by atoms with Crippen LogP contribution in [0.25, 0.3) is 27.8 Å². The third-order valence-electron chi connectivity index (χ3n) is 10.0. The number of hydrogen-bond acceptors (Lipinski definition) is 2. The van der Waals surface area contributed by atoms with Gasteiger partial charge in [0.15, 0.2) is 11.7 Å². The smallest absolute Gasteiger partial charge is 0.162 e. The van der Waals surface area contributed by atoms with Crippen LogP contribution >= 0.6 is 11.8 Å². The molecule has 0 unspecified atom stereocenters. The highest BCUT2D eigenvalue weighted by atomic mass is 32.2. The molecule has 0 fully saturated rings. The summed E-state index contributed by atoms with van der Waals surface area (Å²) >= 11 is 1.97. The van der Waals surface area contributed by atoms with Crippen LogP contribution in [0.2, 0.25) is 0 Å². The molecule has 1 aliphatic heterocycles. The van der Waals surface area contributed by atoms with Gasteiger partial charge in [-0.2, -0.15) is 0 Å². The van der Waals surface area contributed by atoms with E-state index in [1.807, 2.05) is 60.6 Å². The van der Waals surface area contributed by atoms with Gasteiger partial charge in [0, 0.05) is 29.3 Å². The molecular formula is C46H40N4S. The quantitative estimate of drug-likeness (QED) is 0.138. The first-order valence-corrected chi connectivity index (χ1v) is 18.7. The maximum Gasteiger partial charge on any atom is 0.162 e. The van der Waals surface area contributed by atoms with Gasteiger partial charge < -0.3 is 4.98 Å². The maximum atomic E-state index is 5.30. The molecule has 1 N–H and O–H groups in total. The minimum atomic E-state index is 0.425. The van der Waals surface area contributed by atoms with Crippen LogP contribution in [0, 0.1) is 0 Å². The Kier molecular flexibility index (Phi) is 9.46. The van der Waals surface area contributed by atoms with Crippen molar-refractivity contribution in [3.05, 3.63) is 184 Å². The Balaban J connectivity index is 1.28. The lowest BCUT2D eigenvalue weighted by Crippen LogP contribution is -2.06. The van der Waals surface area contributed by atoms with E-state index in [9.17, 15) is 0 Å². The first-order valence-electron chi connectivity index (χ1n) is 17.7.